The van der Waals surface area contributed by atoms with E-state index in [1.807, 2.05) is 12.1 Å². The van der Waals surface area contributed by atoms with Crippen LogP contribution in [0.15, 0.2) is 24.3 Å². The monoisotopic (exact) mass is 289 g/mol. The summed E-state index contributed by atoms with van der Waals surface area (Å²) in [6, 6.07) is 6.62. The van der Waals surface area contributed by atoms with Gasteiger partial charge in [0.2, 0.25) is 0 Å². The average molecular weight is 290 g/mol. The first kappa shape index (κ1) is 18.3. The van der Waals surface area contributed by atoms with Crippen molar-refractivity contribution < 1.29 is 4.39 Å². The van der Waals surface area contributed by atoms with Gasteiger partial charge in [-0.15, -0.1) is 12.4 Å². The highest BCUT2D eigenvalue weighted by Gasteiger charge is 1.93. The highest BCUT2D eigenvalue weighted by atomic mass is 35.5. The van der Waals surface area contributed by atoms with Crippen molar-refractivity contribution in [3.8, 4) is 0 Å². The molecular weight excluding hydrogens is 265 g/mol. The highest BCUT2D eigenvalue weighted by Crippen LogP contribution is 2.01. The van der Waals surface area contributed by atoms with Gasteiger partial charge in [0.05, 0.1) is 0 Å². The molecule has 0 aliphatic rings. The number of benzene rings is 1. The van der Waals surface area contributed by atoms with E-state index in [-0.39, 0.29) is 18.2 Å². The van der Waals surface area contributed by atoms with E-state index in [2.05, 4.69) is 10.6 Å². The fraction of sp³-hybridized carbons (Fsp3) is 0.571. The summed E-state index contributed by atoms with van der Waals surface area (Å²) in [4.78, 5) is 0. The quantitative estimate of drug-likeness (QED) is 0.578. The maximum absolute atomic E-state index is 12.7. The molecule has 0 saturated heterocycles. The lowest BCUT2D eigenvalue weighted by molar-refractivity contribution is 0.576. The number of unbranched alkanes of at least 4 members (excludes halogenated alkanes) is 1. The Kier molecular flexibility index (Phi) is 11.9. The van der Waals surface area contributed by atoms with Crippen LogP contribution < -0.4 is 16.4 Å². The van der Waals surface area contributed by atoms with Crippen molar-refractivity contribution in [2.75, 3.05) is 26.2 Å². The van der Waals surface area contributed by atoms with Crippen LogP contribution in [0.2, 0.25) is 0 Å². The van der Waals surface area contributed by atoms with E-state index >= 15 is 0 Å². The van der Waals surface area contributed by atoms with Gasteiger partial charge in [0.15, 0.2) is 0 Å². The zero-order chi connectivity index (χ0) is 13.1. The summed E-state index contributed by atoms with van der Waals surface area (Å²) in [6.45, 7) is 4.63. The van der Waals surface area contributed by atoms with Gasteiger partial charge in [-0.1, -0.05) is 12.1 Å². The van der Waals surface area contributed by atoms with Crippen LogP contribution in [0.5, 0.6) is 0 Å². The van der Waals surface area contributed by atoms with E-state index < -0.39 is 0 Å². The van der Waals surface area contributed by atoms with Gasteiger partial charge < -0.3 is 16.4 Å². The van der Waals surface area contributed by atoms with Gasteiger partial charge in [-0.05, 0) is 63.1 Å². The fourth-order valence-electron chi connectivity index (χ4n) is 1.69. The lowest BCUT2D eigenvalue weighted by atomic mass is 10.2. The van der Waals surface area contributed by atoms with Crippen LogP contribution >= 0.6 is 12.4 Å². The number of hydrogen-bond donors (Lipinski definition) is 3. The van der Waals surface area contributed by atoms with Crippen molar-refractivity contribution in [2.24, 2.45) is 5.73 Å². The Morgan fingerprint density at radius 1 is 0.895 bits per heavy atom. The Morgan fingerprint density at radius 3 is 2.21 bits per heavy atom. The standard InChI is InChI=1S/C14H24FN3.ClH/c15-14-6-4-13(5-7-14)12-18-11-3-10-17-9-2-1-8-16;/h4-7,17-18H,1-3,8-12,16H2;1H. The van der Waals surface area contributed by atoms with E-state index in [1.54, 1.807) is 0 Å². The molecule has 110 valence electrons. The fourth-order valence-corrected chi connectivity index (χ4v) is 1.69. The molecule has 4 N–H and O–H groups in total. The van der Waals surface area contributed by atoms with Gasteiger partial charge in [-0.25, -0.2) is 4.39 Å². The lowest BCUT2D eigenvalue weighted by Gasteiger charge is -2.06. The molecule has 0 aromatic heterocycles. The second kappa shape index (κ2) is 12.4. The molecule has 1 aromatic rings. The van der Waals surface area contributed by atoms with Crippen LogP contribution in [0.3, 0.4) is 0 Å². The van der Waals surface area contributed by atoms with Crippen molar-refractivity contribution >= 4 is 12.4 Å². The molecule has 0 radical (unpaired) electrons. The number of hydrogen-bond acceptors (Lipinski definition) is 3. The van der Waals surface area contributed by atoms with Crippen LogP contribution in [0.1, 0.15) is 24.8 Å². The Labute approximate surface area is 121 Å². The van der Waals surface area contributed by atoms with Crippen molar-refractivity contribution in [3.63, 3.8) is 0 Å². The number of nitrogens with one attached hydrogen (secondary N) is 2. The predicted molar refractivity (Wildman–Crippen MR) is 81.1 cm³/mol. The number of rotatable bonds is 10. The molecule has 1 aromatic carbocycles. The normalized spacial score (nSPS) is 10.2. The number of nitrogens with two attached hydrogens (primary N) is 1. The SMILES string of the molecule is Cl.NCCCCNCCCNCc1ccc(F)cc1. The Morgan fingerprint density at radius 2 is 1.53 bits per heavy atom. The van der Waals surface area contributed by atoms with Gasteiger partial charge in [0, 0.05) is 6.54 Å². The first-order chi connectivity index (χ1) is 8.83. The van der Waals surface area contributed by atoms with Crippen molar-refractivity contribution in [1.82, 2.24) is 10.6 Å². The lowest BCUT2D eigenvalue weighted by Crippen LogP contribution is -2.22. The molecule has 0 atom stereocenters. The van der Waals surface area contributed by atoms with E-state index in [9.17, 15) is 4.39 Å². The Hall–Kier alpha value is -0.680. The Balaban J connectivity index is 0.00000324. The Bertz CT molecular complexity index is 306. The minimum atomic E-state index is -0.180. The predicted octanol–water partition coefficient (Wildman–Crippen LogP) is 2.06. The van der Waals surface area contributed by atoms with E-state index in [4.69, 9.17) is 5.73 Å². The molecule has 5 heteroatoms. The molecule has 0 spiro atoms. The van der Waals surface area contributed by atoms with Crippen LogP contribution in [0, 0.1) is 5.82 Å². The zero-order valence-electron chi connectivity index (χ0n) is 11.3. The topological polar surface area (TPSA) is 50.1 Å². The van der Waals surface area contributed by atoms with Crippen molar-refractivity contribution in [3.05, 3.63) is 35.6 Å². The third-order valence-electron chi connectivity index (χ3n) is 2.76. The molecular formula is C14H25ClFN3. The summed E-state index contributed by atoms with van der Waals surface area (Å²) in [5, 5.41) is 6.72. The molecule has 0 unspecified atom stereocenters. The third kappa shape index (κ3) is 9.85. The van der Waals surface area contributed by atoms with Crippen molar-refractivity contribution in [2.45, 2.75) is 25.8 Å². The average Bonchev–Trinajstić information content (AvgIpc) is 2.39. The molecule has 3 nitrogen and oxygen atoms in total. The molecule has 0 saturated carbocycles. The summed E-state index contributed by atoms with van der Waals surface area (Å²) in [5.41, 5.74) is 6.53. The van der Waals surface area contributed by atoms with Crippen molar-refractivity contribution in [1.29, 1.82) is 0 Å². The molecule has 1 rings (SSSR count). The zero-order valence-corrected chi connectivity index (χ0v) is 12.1. The minimum absolute atomic E-state index is 0. The van der Waals surface area contributed by atoms with Gasteiger partial charge >= 0.3 is 0 Å². The molecule has 0 bridgehead atoms. The van der Waals surface area contributed by atoms with Crippen LogP contribution in [0.25, 0.3) is 0 Å². The molecule has 19 heavy (non-hydrogen) atoms. The molecule has 0 aliphatic heterocycles. The second-order valence-electron chi connectivity index (χ2n) is 4.40. The smallest absolute Gasteiger partial charge is 0.123 e. The minimum Gasteiger partial charge on any atom is -0.330 e. The van der Waals surface area contributed by atoms with Gasteiger partial charge in [0.1, 0.15) is 5.82 Å². The van der Waals surface area contributed by atoms with Gasteiger partial charge in [-0.3, -0.25) is 0 Å². The highest BCUT2D eigenvalue weighted by molar-refractivity contribution is 5.85. The van der Waals surface area contributed by atoms with Gasteiger partial charge in [-0.2, -0.15) is 0 Å². The summed E-state index contributed by atoms with van der Waals surface area (Å²) in [7, 11) is 0. The summed E-state index contributed by atoms with van der Waals surface area (Å²) in [5.74, 6) is -0.180. The van der Waals surface area contributed by atoms with E-state index in [1.165, 1.54) is 12.1 Å². The summed E-state index contributed by atoms with van der Waals surface area (Å²) < 4.78 is 12.7. The van der Waals surface area contributed by atoms with Gasteiger partial charge in [0.25, 0.3) is 0 Å². The maximum atomic E-state index is 12.7. The maximum Gasteiger partial charge on any atom is 0.123 e. The molecule has 0 aliphatic carbocycles. The molecule has 0 amide bonds. The first-order valence-electron chi connectivity index (χ1n) is 6.69. The second-order valence-corrected chi connectivity index (χ2v) is 4.40. The number of halogens is 2. The van der Waals surface area contributed by atoms with E-state index in [0.717, 1.165) is 57.5 Å². The van der Waals surface area contributed by atoms with Crippen LogP contribution in [-0.4, -0.2) is 26.2 Å². The van der Waals surface area contributed by atoms with Crippen LogP contribution in [-0.2, 0) is 6.54 Å². The van der Waals surface area contributed by atoms with Crippen LogP contribution in [0.4, 0.5) is 4.39 Å². The largest absolute Gasteiger partial charge is 0.330 e. The summed E-state index contributed by atoms with van der Waals surface area (Å²) in [6.07, 6.45) is 3.35. The third-order valence-corrected chi connectivity index (χ3v) is 2.76. The first-order valence-corrected chi connectivity index (χ1v) is 6.69. The molecule has 0 fully saturated rings. The summed E-state index contributed by atoms with van der Waals surface area (Å²) >= 11 is 0. The molecule has 0 heterocycles. The van der Waals surface area contributed by atoms with E-state index in [0.29, 0.717) is 0 Å².